The molecule has 1 N–H and O–H groups in total. The summed E-state index contributed by atoms with van der Waals surface area (Å²) in [6.07, 6.45) is 3.75. The van der Waals surface area contributed by atoms with E-state index in [2.05, 4.69) is 9.88 Å². The number of pyridine rings is 1. The minimum atomic E-state index is -0.897. The summed E-state index contributed by atoms with van der Waals surface area (Å²) in [4.78, 5) is 22.9. The first-order valence-electron chi connectivity index (χ1n) is 8.63. The summed E-state index contributed by atoms with van der Waals surface area (Å²) in [6, 6.07) is 9.84. The fraction of sp³-hybridized carbons (Fsp3) is 0.474. The fourth-order valence-corrected chi connectivity index (χ4v) is 4.25. The summed E-state index contributed by atoms with van der Waals surface area (Å²) in [5.74, 6) is 0.925. The molecule has 5 nitrogen and oxygen atoms in total. The highest BCUT2D eigenvalue weighted by Crippen LogP contribution is 2.26. The average Bonchev–Trinajstić information content (AvgIpc) is 3.00. The van der Waals surface area contributed by atoms with Crippen molar-refractivity contribution in [3.05, 3.63) is 46.3 Å². The Kier molecular flexibility index (Phi) is 5.39. The number of amides is 1. The van der Waals surface area contributed by atoms with E-state index in [9.17, 15) is 9.90 Å². The van der Waals surface area contributed by atoms with E-state index < -0.39 is 5.60 Å². The molecule has 0 unspecified atom stereocenters. The maximum atomic E-state index is 12.5. The standard InChI is InChI=1S/C19H25N3O2S/c1-15-7-8-16(25-15)12-18(23)21(2)13-19(24)9-5-11-22(14-19)17-6-3-4-10-20-17/h3-4,6-8,10,24H,5,9,11-14H2,1-2H3/t19-/m1/s1. The topological polar surface area (TPSA) is 56.7 Å². The van der Waals surface area contributed by atoms with Gasteiger partial charge in [-0.15, -0.1) is 11.3 Å². The molecule has 0 aromatic carbocycles. The quantitative estimate of drug-likeness (QED) is 0.891. The van der Waals surface area contributed by atoms with Gasteiger partial charge in [0.25, 0.3) is 0 Å². The van der Waals surface area contributed by atoms with Crippen molar-refractivity contribution in [2.45, 2.75) is 31.8 Å². The Balaban J connectivity index is 1.61. The van der Waals surface area contributed by atoms with E-state index in [1.54, 1.807) is 29.5 Å². The molecule has 3 rings (SSSR count). The molecule has 0 aliphatic carbocycles. The van der Waals surface area contributed by atoms with Gasteiger partial charge < -0.3 is 14.9 Å². The van der Waals surface area contributed by atoms with Crippen molar-refractivity contribution >= 4 is 23.1 Å². The number of aryl methyl sites for hydroxylation is 1. The Labute approximate surface area is 152 Å². The third-order valence-electron chi connectivity index (χ3n) is 4.61. The number of likely N-dealkylation sites (N-methyl/N-ethyl adjacent to an activating group) is 1. The van der Waals surface area contributed by atoms with Gasteiger partial charge >= 0.3 is 0 Å². The number of carbonyl (C=O) groups is 1. The SMILES string of the molecule is Cc1ccc(CC(=O)N(C)C[C@]2(O)CCCN(c3ccccn3)C2)s1. The molecule has 0 saturated carbocycles. The molecule has 3 heterocycles. The van der Waals surface area contributed by atoms with Crippen molar-refractivity contribution in [1.29, 1.82) is 0 Å². The first-order valence-corrected chi connectivity index (χ1v) is 9.44. The van der Waals surface area contributed by atoms with Crippen molar-refractivity contribution in [1.82, 2.24) is 9.88 Å². The molecule has 2 aromatic rings. The molecule has 25 heavy (non-hydrogen) atoms. The lowest BCUT2D eigenvalue weighted by Crippen LogP contribution is -2.55. The van der Waals surface area contributed by atoms with Crippen LogP contribution in [0.2, 0.25) is 0 Å². The zero-order chi connectivity index (χ0) is 17.9. The smallest absolute Gasteiger partial charge is 0.227 e. The highest BCUT2D eigenvalue weighted by Gasteiger charge is 2.35. The Hall–Kier alpha value is -1.92. The molecule has 134 valence electrons. The van der Waals surface area contributed by atoms with E-state index in [4.69, 9.17) is 0 Å². The number of hydrogen-bond acceptors (Lipinski definition) is 5. The third-order valence-corrected chi connectivity index (χ3v) is 5.61. The van der Waals surface area contributed by atoms with Crippen LogP contribution >= 0.6 is 11.3 Å². The molecule has 1 saturated heterocycles. The summed E-state index contributed by atoms with van der Waals surface area (Å²) < 4.78 is 0. The predicted molar refractivity (Wildman–Crippen MR) is 101 cm³/mol. The molecule has 1 fully saturated rings. The van der Waals surface area contributed by atoms with Crippen LogP contribution in [0, 0.1) is 6.92 Å². The molecule has 1 aliphatic heterocycles. The molecule has 1 aliphatic rings. The molecule has 0 spiro atoms. The molecule has 1 amide bonds. The minimum absolute atomic E-state index is 0.0465. The molecule has 0 bridgehead atoms. The number of rotatable bonds is 5. The number of thiophene rings is 1. The van der Waals surface area contributed by atoms with Crippen LogP contribution in [0.15, 0.2) is 36.5 Å². The first-order chi connectivity index (χ1) is 12.0. The summed E-state index contributed by atoms with van der Waals surface area (Å²) in [6.45, 7) is 3.77. The van der Waals surface area contributed by atoms with Crippen molar-refractivity contribution in [3.63, 3.8) is 0 Å². The lowest BCUT2D eigenvalue weighted by atomic mass is 9.92. The number of hydrogen-bond donors (Lipinski definition) is 1. The van der Waals surface area contributed by atoms with E-state index >= 15 is 0 Å². The van der Waals surface area contributed by atoms with Gasteiger partial charge in [-0.25, -0.2) is 4.98 Å². The first kappa shape index (κ1) is 17.9. The van der Waals surface area contributed by atoms with E-state index in [1.807, 2.05) is 37.3 Å². The van der Waals surface area contributed by atoms with Gasteiger partial charge in [-0.05, 0) is 44.0 Å². The molecular weight excluding hydrogens is 334 g/mol. The van der Waals surface area contributed by atoms with Crippen molar-refractivity contribution in [2.24, 2.45) is 0 Å². The van der Waals surface area contributed by atoms with Crippen molar-refractivity contribution in [2.75, 3.05) is 31.6 Å². The Morgan fingerprint density at radius 3 is 2.92 bits per heavy atom. The Morgan fingerprint density at radius 1 is 1.40 bits per heavy atom. The van der Waals surface area contributed by atoms with Gasteiger partial charge in [0.2, 0.25) is 5.91 Å². The number of piperidine rings is 1. The highest BCUT2D eigenvalue weighted by atomic mass is 32.1. The summed E-state index contributed by atoms with van der Waals surface area (Å²) in [7, 11) is 1.78. The monoisotopic (exact) mass is 359 g/mol. The van der Waals surface area contributed by atoms with Crippen LogP contribution in [0.3, 0.4) is 0 Å². The predicted octanol–water partition coefficient (Wildman–Crippen LogP) is 2.48. The lowest BCUT2D eigenvalue weighted by Gasteiger charge is -2.41. The van der Waals surface area contributed by atoms with E-state index in [1.165, 1.54) is 4.88 Å². The zero-order valence-electron chi connectivity index (χ0n) is 14.8. The number of carbonyl (C=O) groups excluding carboxylic acids is 1. The second-order valence-electron chi connectivity index (χ2n) is 6.88. The van der Waals surface area contributed by atoms with Crippen LogP contribution in [-0.4, -0.2) is 53.2 Å². The highest BCUT2D eigenvalue weighted by molar-refractivity contribution is 7.12. The average molecular weight is 359 g/mol. The fourth-order valence-electron chi connectivity index (χ4n) is 3.37. The van der Waals surface area contributed by atoms with Gasteiger partial charge in [0.1, 0.15) is 5.82 Å². The molecule has 0 radical (unpaired) electrons. The lowest BCUT2D eigenvalue weighted by molar-refractivity contribution is -0.132. The number of nitrogens with zero attached hydrogens (tertiary/aromatic N) is 3. The van der Waals surface area contributed by atoms with Crippen LogP contribution in [0.5, 0.6) is 0 Å². The van der Waals surface area contributed by atoms with Crippen LogP contribution in [0.1, 0.15) is 22.6 Å². The van der Waals surface area contributed by atoms with Crippen molar-refractivity contribution in [3.8, 4) is 0 Å². The minimum Gasteiger partial charge on any atom is -0.386 e. The zero-order valence-corrected chi connectivity index (χ0v) is 15.6. The van der Waals surface area contributed by atoms with Gasteiger partial charge in [0, 0.05) is 36.1 Å². The van der Waals surface area contributed by atoms with E-state index in [-0.39, 0.29) is 5.91 Å². The molecule has 6 heteroatoms. The van der Waals surface area contributed by atoms with Gasteiger partial charge in [-0.3, -0.25) is 4.79 Å². The normalized spacial score (nSPS) is 20.5. The molecule has 1 atom stereocenters. The van der Waals surface area contributed by atoms with E-state index in [0.29, 0.717) is 25.9 Å². The second-order valence-corrected chi connectivity index (χ2v) is 8.25. The van der Waals surface area contributed by atoms with Gasteiger partial charge in [0.05, 0.1) is 18.6 Å². The Morgan fingerprint density at radius 2 is 2.24 bits per heavy atom. The second kappa shape index (κ2) is 7.54. The maximum absolute atomic E-state index is 12.5. The largest absolute Gasteiger partial charge is 0.386 e. The molecule has 2 aromatic heterocycles. The maximum Gasteiger partial charge on any atom is 0.227 e. The van der Waals surface area contributed by atoms with Crippen LogP contribution in [0.25, 0.3) is 0 Å². The van der Waals surface area contributed by atoms with Gasteiger partial charge in [-0.2, -0.15) is 0 Å². The summed E-state index contributed by atoms with van der Waals surface area (Å²) in [5, 5.41) is 11.0. The summed E-state index contributed by atoms with van der Waals surface area (Å²) in [5.41, 5.74) is -0.897. The van der Waals surface area contributed by atoms with Crippen molar-refractivity contribution < 1.29 is 9.90 Å². The van der Waals surface area contributed by atoms with Crippen LogP contribution in [-0.2, 0) is 11.2 Å². The number of β-amino-alcohol motifs (C(OH)–C–C–N with tert-alkyl or cyclic N) is 1. The van der Waals surface area contributed by atoms with Gasteiger partial charge in [-0.1, -0.05) is 6.07 Å². The molecular formula is C19H25N3O2S. The van der Waals surface area contributed by atoms with Crippen LogP contribution < -0.4 is 4.90 Å². The summed E-state index contributed by atoms with van der Waals surface area (Å²) >= 11 is 1.65. The van der Waals surface area contributed by atoms with Gasteiger partial charge in [0.15, 0.2) is 0 Å². The Bertz CT molecular complexity index is 718. The van der Waals surface area contributed by atoms with E-state index in [0.717, 1.165) is 23.7 Å². The van der Waals surface area contributed by atoms with Crippen LogP contribution in [0.4, 0.5) is 5.82 Å². The number of anilines is 1. The third kappa shape index (κ3) is 4.58. The number of aliphatic hydroxyl groups is 1. The number of aromatic nitrogens is 1.